The van der Waals surface area contributed by atoms with Gasteiger partial charge in [-0.15, -0.1) is 0 Å². The molecule has 0 amide bonds. The molecule has 0 aromatic heterocycles. The van der Waals surface area contributed by atoms with E-state index in [-0.39, 0.29) is 0 Å². The normalized spacial score (nSPS) is 18.0. The van der Waals surface area contributed by atoms with E-state index in [1.165, 1.54) is 0 Å². The lowest BCUT2D eigenvalue weighted by atomic mass is 9.98. The number of rotatable bonds is 6. The van der Waals surface area contributed by atoms with Crippen LogP contribution in [0.25, 0.3) is 0 Å². The van der Waals surface area contributed by atoms with Gasteiger partial charge in [0, 0.05) is 19.6 Å². The molecule has 1 heterocycles. The number of piperidine rings is 1. The summed E-state index contributed by atoms with van der Waals surface area (Å²) >= 11 is 0. The summed E-state index contributed by atoms with van der Waals surface area (Å²) in [6.07, 6.45) is 1.85. The van der Waals surface area contributed by atoms with Gasteiger partial charge in [0.25, 0.3) is 10.2 Å². The molecule has 0 unspecified atom stereocenters. The first-order chi connectivity index (χ1) is 10.0. The van der Waals surface area contributed by atoms with Crippen molar-refractivity contribution in [3.8, 4) is 0 Å². The largest absolute Gasteiger partial charge is 0.319 e. The van der Waals surface area contributed by atoms with Crippen molar-refractivity contribution in [2.24, 2.45) is 5.92 Å². The minimum atomic E-state index is -3.37. The maximum atomic E-state index is 12.3. The minimum Gasteiger partial charge on any atom is -0.319 e. The Hall–Kier alpha value is -0.950. The van der Waals surface area contributed by atoms with Crippen molar-refractivity contribution < 1.29 is 8.42 Å². The third-order valence-electron chi connectivity index (χ3n) is 4.11. The molecule has 0 saturated carbocycles. The van der Waals surface area contributed by atoms with E-state index >= 15 is 0 Å². The van der Waals surface area contributed by atoms with Crippen LogP contribution in [0.5, 0.6) is 0 Å². The maximum absolute atomic E-state index is 12.3. The van der Waals surface area contributed by atoms with Crippen LogP contribution in [-0.2, 0) is 16.8 Å². The second kappa shape index (κ2) is 7.35. The number of benzene rings is 1. The number of hydrogen-bond donors (Lipinski definition) is 2. The molecular weight excluding hydrogens is 286 g/mol. The van der Waals surface area contributed by atoms with E-state index in [1.807, 2.05) is 38.2 Å². The van der Waals surface area contributed by atoms with Crippen molar-refractivity contribution in [1.29, 1.82) is 0 Å². The molecule has 0 bridgehead atoms. The topological polar surface area (TPSA) is 61.4 Å². The Balaban J connectivity index is 1.89. The van der Waals surface area contributed by atoms with Crippen molar-refractivity contribution in [3.05, 3.63) is 35.4 Å². The zero-order chi connectivity index (χ0) is 15.3. The second-order valence-electron chi connectivity index (χ2n) is 5.65. The van der Waals surface area contributed by atoms with Crippen molar-refractivity contribution in [3.63, 3.8) is 0 Å². The summed E-state index contributed by atoms with van der Waals surface area (Å²) in [6.45, 7) is 4.52. The molecule has 0 aliphatic carbocycles. The number of nitrogens with one attached hydrogen (secondary N) is 2. The monoisotopic (exact) mass is 311 g/mol. The fourth-order valence-corrected chi connectivity index (χ4v) is 3.92. The molecule has 1 saturated heterocycles. The molecule has 0 radical (unpaired) electrons. The third-order valence-corrected chi connectivity index (χ3v) is 5.67. The van der Waals surface area contributed by atoms with Gasteiger partial charge in [-0.1, -0.05) is 24.3 Å². The summed E-state index contributed by atoms with van der Waals surface area (Å²) in [7, 11) is -1.44. The van der Waals surface area contributed by atoms with Crippen LogP contribution in [0.4, 0.5) is 0 Å². The minimum absolute atomic E-state index is 0.353. The van der Waals surface area contributed by atoms with Crippen molar-refractivity contribution in [2.75, 3.05) is 26.7 Å². The van der Waals surface area contributed by atoms with Crippen LogP contribution in [-0.4, -0.2) is 39.4 Å². The van der Waals surface area contributed by atoms with Crippen LogP contribution >= 0.6 is 0 Å². The number of aryl methyl sites for hydroxylation is 1. The smallest absolute Gasteiger partial charge is 0.279 e. The van der Waals surface area contributed by atoms with E-state index in [0.29, 0.717) is 25.6 Å². The van der Waals surface area contributed by atoms with Crippen LogP contribution in [0, 0.1) is 12.8 Å². The standard InChI is InChI=1S/C15H25N3O2S/c1-13-5-3-4-6-15(13)12-17-21(19,20)18-9-7-14(8-10-18)11-16-2/h3-6,14,16-17H,7-12H2,1-2H3. The van der Waals surface area contributed by atoms with Gasteiger partial charge in [0.1, 0.15) is 0 Å². The molecule has 2 N–H and O–H groups in total. The average molecular weight is 311 g/mol. The van der Waals surface area contributed by atoms with E-state index < -0.39 is 10.2 Å². The van der Waals surface area contributed by atoms with Crippen LogP contribution in [0.15, 0.2) is 24.3 Å². The van der Waals surface area contributed by atoms with E-state index in [9.17, 15) is 8.42 Å². The van der Waals surface area contributed by atoms with E-state index in [2.05, 4.69) is 10.0 Å². The van der Waals surface area contributed by atoms with Crippen molar-refractivity contribution >= 4 is 10.2 Å². The Morgan fingerprint density at radius 1 is 1.24 bits per heavy atom. The fourth-order valence-electron chi connectivity index (χ4n) is 2.71. The average Bonchev–Trinajstić information content (AvgIpc) is 2.47. The molecular formula is C15H25N3O2S. The number of hydrogen-bond acceptors (Lipinski definition) is 3. The molecule has 0 atom stereocenters. The highest BCUT2D eigenvalue weighted by Crippen LogP contribution is 2.18. The Labute approximate surface area is 127 Å². The third kappa shape index (κ3) is 4.51. The molecule has 0 spiro atoms. The van der Waals surface area contributed by atoms with Crippen LogP contribution in [0.1, 0.15) is 24.0 Å². The highest BCUT2D eigenvalue weighted by atomic mass is 32.2. The van der Waals surface area contributed by atoms with Gasteiger partial charge in [-0.25, -0.2) is 0 Å². The van der Waals surface area contributed by atoms with E-state index in [0.717, 1.165) is 30.5 Å². The molecule has 118 valence electrons. The quantitative estimate of drug-likeness (QED) is 0.831. The summed E-state index contributed by atoms with van der Waals surface area (Å²) in [5.74, 6) is 0.581. The first-order valence-corrected chi connectivity index (χ1v) is 8.91. The second-order valence-corrected chi connectivity index (χ2v) is 7.41. The van der Waals surface area contributed by atoms with Gasteiger partial charge in [0.05, 0.1) is 0 Å². The first-order valence-electron chi connectivity index (χ1n) is 7.47. The van der Waals surface area contributed by atoms with Crippen molar-refractivity contribution in [2.45, 2.75) is 26.3 Å². The van der Waals surface area contributed by atoms with Gasteiger partial charge in [0.15, 0.2) is 0 Å². The van der Waals surface area contributed by atoms with E-state index in [1.54, 1.807) is 4.31 Å². The summed E-state index contributed by atoms with van der Waals surface area (Å²) < 4.78 is 28.9. The van der Waals surface area contributed by atoms with Gasteiger partial charge >= 0.3 is 0 Å². The Morgan fingerprint density at radius 3 is 2.52 bits per heavy atom. The highest BCUT2D eigenvalue weighted by molar-refractivity contribution is 7.87. The predicted octanol–water partition coefficient (Wildman–Crippen LogP) is 1.26. The molecule has 2 rings (SSSR count). The van der Waals surface area contributed by atoms with Gasteiger partial charge in [-0.3, -0.25) is 0 Å². The molecule has 1 aliphatic rings. The number of nitrogens with zero attached hydrogens (tertiary/aromatic N) is 1. The van der Waals surface area contributed by atoms with Gasteiger partial charge < -0.3 is 5.32 Å². The van der Waals surface area contributed by atoms with Crippen molar-refractivity contribution in [1.82, 2.24) is 14.3 Å². The van der Waals surface area contributed by atoms with Crippen LogP contribution < -0.4 is 10.0 Å². The predicted molar refractivity (Wildman–Crippen MR) is 85.2 cm³/mol. The van der Waals surface area contributed by atoms with Crippen LogP contribution in [0.3, 0.4) is 0 Å². The van der Waals surface area contributed by atoms with Gasteiger partial charge in [-0.2, -0.15) is 17.4 Å². The molecule has 1 aromatic carbocycles. The molecule has 5 nitrogen and oxygen atoms in total. The molecule has 1 fully saturated rings. The summed E-state index contributed by atoms with van der Waals surface area (Å²) in [5.41, 5.74) is 2.12. The lowest BCUT2D eigenvalue weighted by molar-refractivity contribution is 0.268. The summed E-state index contributed by atoms with van der Waals surface area (Å²) in [6, 6.07) is 7.84. The fraction of sp³-hybridized carbons (Fsp3) is 0.600. The lowest BCUT2D eigenvalue weighted by Gasteiger charge is -2.31. The molecule has 6 heteroatoms. The Bertz CT molecular complexity index is 552. The summed E-state index contributed by atoms with van der Waals surface area (Å²) in [5, 5.41) is 3.16. The zero-order valence-electron chi connectivity index (χ0n) is 12.8. The molecule has 1 aliphatic heterocycles. The highest BCUT2D eigenvalue weighted by Gasteiger charge is 2.27. The maximum Gasteiger partial charge on any atom is 0.279 e. The SMILES string of the molecule is CNCC1CCN(S(=O)(=O)NCc2ccccc2C)CC1. The van der Waals surface area contributed by atoms with Crippen LogP contribution in [0.2, 0.25) is 0 Å². The van der Waals surface area contributed by atoms with E-state index in [4.69, 9.17) is 0 Å². The Kier molecular flexibility index (Phi) is 5.75. The molecule has 21 heavy (non-hydrogen) atoms. The Morgan fingerprint density at radius 2 is 1.90 bits per heavy atom. The first kappa shape index (κ1) is 16.4. The van der Waals surface area contributed by atoms with Gasteiger partial charge in [0.2, 0.25) is 0 Å². The summed E-state index contributed by atoms with van der Waals surface area (Å²) in [4.78, 5) is 0. The zero-order valence-corrected chi connectivity index (χ0v) is 13.6. The lowest BCUT2D eigenvalue weighted by Crippen LogP contribution is -2.45. The molecule has 1 aromatic rings. The van der Waals surface area contributed by atoms with Gasteiger partial charge in [-0.05, 0) is 50.4 Å².